The summed E-state index contributed by atoms with van der Waals surface area (Å²) >= 11 is 0. The summed E-state index contributed by atoms with van der Waals surface area (Å²) in [6.45, 7) is 4.98. The second kappa shape index (κ2) is 17.5. The number of nitrogens with zero attached hydrogens (tertiary/aromatic N) is 4. The lowest BCUT2D eigenvalue weighted by Gasteiger charge is -2.39. The highest BCUT2D eigenvalue weighted by atomic mass is 16.7. The first-order valence-corrected chi connectivity index (χ1v) is 11.9. The van der Waals surface area contributed by atoms with E-state index in [1.54, 1.807) is 31.1 Å². The summed E-state index contributed by atoms with van der Waals surface area (Å²) in [5.41, 5.74) is -0.452. The van der Waals surface area contributed by atoms with Gasteiger partial charge >= 0.3 is 17.9 Å². The lowest BCUT2D eigenvalue weighted by molar-refractivity contribution is -0.146. The molecule has 0 aromatic heterocycles. The minimum absolute atomic E-state index is 0.0320. The molecule has 1 heterocycles. The SMILES string of the molecule is COCC(COC)(COC)CN1CCN(CC(=O)O)CCN(CC(=O)O)CCN(CC(=O)ON)CC1. The van der Waals surface area contributed by atoms with Gasteiger partial charge in [0.1, 0.15) is 0 Å². The van der Waals surface area contributed by atoms with Crippen molar-refractivity contribution in [1.82, 2.24) is 19.6 Å². The van der Waals surface area contributed by atoms with Crippen molar-refractivity contribution in [2.24, 2.45) is 11.3 Å². The Labute approximate surface area is 212 Å². The van der Waals surface area contributed by atoms with Crippen LogP contribution in [0, 0.1) is 5.41 Å². The molecule has 1 aliphatic heterocycles. The maximum Gasteiger partial charge on any atom is 0.338 e. The van der Waals surface area contributed by atoms with E-state index < -0.39 is 23.3 Å². The van der Waals surface area contributed by atoms with E-state index in [-0.39, 0.29) is 19.6 Å². The molecule has 0 bridgehead atoms. The van der Waals surface area contributed by atoms with Crippen LogP contribution in [0.25, 0.3) is 0 Å². The molecule has 1 aliphatic rings. The topological polar surface area (TPSA) is 168 Å². The molecule has 0 aliphatic carbocycles. The molecule has 14 nitrogen and oxygen atoms in total. The van der Waals surface area contributed by atoms with Gasteiger partial charge in [-0.2, -0.15) is 5.90 Å². The largest absolute Gasteiger partial charge is 0.480 e. The maximum absolute atomic E-state index is 11.9. The molecule has 0 spiro atoms. The maximum atomic E-state index is 11.9. The van der Waals surface area contributed by atoms with Crippen LogP contribution in [0.4, 0.5) is 0 Å². The zero-order valence-electron chi connectivity index (χ0n) is 21.7. The molecular formula is C22H43N5O9. The molecule has 0 amide bonds. The molecular weight excluding hydrogens is 478 g/mol. The predicted molar refractivity (Wildman–Crippen MR) is 129 cm³/mol. The van der Waals surface area contributed by atoms with Gasteiger partial charge in [0, 0.05) is 80.2 Å². The Morgan fingerprint density at radius 3 is 1.31 bits per heavy atom. The average molecular weight is 522 g/mol. The second-order valence-electron chi connectivity index (χ2n) is 9.18. The van der Waals surface area contributed by atoms with Crippen molar-refractivity contribution in [2.75, 3.05) is 120 Å². The average Bonchev–Trinajstić information content (AvgIpc) is 2.80. The third-order valence-corrected chi connectivity index (χ3v) is 6.04. The molecule has 4 N–H and O–H groups in total. The third-order valence-electron chi connectivity index (χ3n) is 6.04. The standard InChI is InChI=1S/C22H43N5O9/c1-33-16-22(17-34-2,18-35-3)15-27-10-8-25(13-20(30)31)5-4-24(12-19(28)29)6-7-26(9-11-27)14-21(32)36-23/h4-18,23H2,1-3H3,(H,28,29)(H,30,31). The van der Waals surface area contributed by atoms with Gasteiger partial charge in [0.05, 0.1) is 44.9 Å². The van der Waals surface area contributed by atoms with E-state index in [1.807, 2.05) is 4.90 Å². The number of nitrogens with two attached hydrogens (primary N) is 1. The molecule has 0 aromatic rings. The molecule has 0 unspecified atom stereocenters. The molecule has 14 heteroatoms. The van der Waals surface area contributed by atoms with Crippen LogP contribution in [0.3, 0.4) is 0 Å². The molecule has 0 radical (unpaired) electrons. The third kappa shape index (κ3) is 12.9. The van der Waals surface area contributed by atoms with Crippen LogP contribution in [0.5, 0.6) is 0 Å². The Balaban J connectivity index is 3.16. The summed E-state index contributed by atoms with van der Waals surface area (Å²) in [6, 6.07) is 0. The Kier molecular flexibility index (Phi) is 15.6. The van der Waals surface area contributed by atoms with Crippen molar-refractivity contribution >= 4 is 17.9 Å². The zero-order valence-corrected chi connectivity index (χ0v) is 21.7. The predicted octanol–water partition coefficient (Wildman–Crippen LogP) is -2.28. The molecule has 210 valence electrons. The summed E-state index contributed by atoms with van der Waals surface area (Å²) in [4.78, 5) is 46.7. The smallest absolute Gasteiger partial charge is 0.338 e. The fraction of sp³-hybridized carbons (Fsp3) is 0.864. The Hall–Kier alpha value is -1.91. The number of carbonyl (C=O) groups excluding carboxylic acids is 1. The monoisotopic (exact) mass is 521 g/mol. The van der Waals surface area contributed by atoms with Crippen LogP contribution in [-0.2, 0) is 33.4 Å². The number of ether oxygens (including phenoxy) is 3. The highest BCUT2D eigenvalue weighted by Gasteiger charge is 2.33. The number of carboxylic acids is 2. The quantitative estimate of drug-likeness (QED) is 0.209. The summed E-state index contributed by atoms with van der Waals surface area (Å²) in [5, 5.41) is 18.7. The fourth-order valence-corrected chi connectivity index (χ4v) is 4.47. The zero-order chi connectivity index (χ0) is 27.0. The van der Waals surface area contributed by atoms with Crippen LogP contribution in [-0.4, -0.2) is 167 Å². The van der Waals surface area contributed by atoms with Crippen molar-refractivity contribution in [1.29, 1.82) is 0 Å². The van der Waals surface area contributed by atoms with Crippen LogP contribution in [0.15, 0.2) is 0 Å². The molecule has 36 heavy (non-hydrogen) atoms. The van der Waals surface area contributed by atoms with E-state index >= 15 is 0 Å². The Bertz CT molecular complexity index is 653. The van der Waals surface area contributed by atoms with E-state index in [2.05, 4.69) is 9.74 Å². The summed E-state index contributed by atoms with van der Waals surface area (Å²) in [5.74, 6) is 2.54. The number of rotatable bonds is 14. The minimum Gasteiger partial charge on any atom is -0.480 e. The lowest BCUT2D eigenvalue weighted by Crippen LogP contribution is -2.52. The van der Waals surface area contributed by atoms with Crippen molar-refractivity contribution < 1.29 is 43.6 Å². The van der Waals surface area contributed by atoms with Gasteiger partial charge in [-0.1, -0.05) is 0 Å². The first-order valence-electron chi connectivity index (χ1n) is 11.9. The lowest BCUT2D eigenvalue weighted by atomic mass is 9.90. The molecule has 0 saturated carbocycles. The molecule has 0 aromatic carbocycles. The first-order chi connectivity index (χ1) is 17.2. The highest BCUT2D eigenvalue weighted by Crippen LogP contribution is 2.21. The van der Waals surface area contributed by atoms with Gasteiger partial charge < -0.3 is 29.3 Å². The number of carboxylic acid groups (broad SMARTS) is 2. The minimum atomic E-state index is -0.975. The van der Waals surface area contributed by atoms with Gasteiger partial charge in [-0.3, -0.25) is 29.2 Å². The summed E-state index contributed by atoms with van der Waals surface area (Å²) < 4.78 is 16.4. The van der Waals surface area contributed by atoms with Crippen LogP contribution < -0.4 is 5.90 Å². The van der Waals surface area contributed by atoms with E-state index in [0.717, 1.165) is 0 Å². The van der Waals surface area contributed by atoms with Gasteiger partial charge in [0.25, 0.3) is 0 Å². The Morgan fingerprint density at radius 2 is 1.00 bits per heavy atom. The number of hydrogen-bond donors (Lipinski definition) is 3. The van der Waals surface area contributed by atoms with Crippen molar-refractivity contribution in [3.05, 3.63) is 0 Å². The summed E-state index contributed by atoms with van der Waals surface area (Å²) in [7, 11) is 4.86. The fourth-order valence-electron chi connectivity index (χ4n) is 4.47. The van der Waals surface area contributed by atoms with E-state index in [9.17, 15) is 24.6 Å². The molecule has 0 atom stereocenters. The summed E-state index contributed by atoms with van der Waals surface area (Å²) in [6.07, 6.45) is 0. The van der Waals surface area contributed by atoms with Crippen LogP contribution >= 0.6 is 0 Å². The van der Waals surface area contributed by atoms with Crippen molar-refractivity contribution in [2.45, 2.75) is 0 Å². The van der Waals surface area contributed by atoms with Crippen LogP contribution in [0.2, 0.25) is 0 Å². The van der Waals surface area contributed by atoms with E-state index in [0.29, 0.717) is 78.7 Å². The number of aliphatic carboxylic acids is 2. The highest BCUT2D eigenvalue weighted by molar-refractivity contribution is 5.71. The van der Waals surface area contributed by atoms with Crippen molar-refractivity contribution in [3.8, 4) is 0 Å². The van der Waals surface area contributed by atoms with Gasteiger partial charge in [-0.05, 0) is 0 Å². The number of carbonyl (C=O) groups is 3. The van der Waals surface area contributed by atoms with Gasteiger partial charge in [0.15, 0.2) is 0 Å². The van der Waals surface area contributed by atoms with E-state index in [1.165, 1.54) is 0 Å². The number of methoxy groups -OCH3 is 3. The van der Waals surface area contributed by atoms with Crippen LogP contribution in [0.1, 0.15) is 0 Å². The van der Waals surface area contributed by atoms with Gasteiger partial charge in [0.2, 0.25) is 0 Å². The normalized spacial score (nSPS) is 18.3. The van der Waals surface area contributed by atoms with Gasteiger partial charge in [-0.25, -0.2) is 4.79 Å². The molecule has 1 fully saturated rings. The number of hydrogen-bond acceptors (Lipinski definition) is 12. The first kappa shape index (κ1) is 32.1. The van der Waals surface area contributed by atoms with Gasteiger partial charge in [-0.15, -0.1) is 0 Å². The van der Waals surface area contributed by atoms with Crippen molar-refractivity contribution in [3.63, 3.8) is 0 Å². The molecule has 1 rings (SSSR count). The second-order valence-corrected chi connectivity index (χ2v) is 9.18. The Morgan fingerprint density at radius 1 is 0.667 bits per heavy atom. The van der Waals surface area contributed by atoms with E-state index in [4.69, 9.17) is 20.1 Å². The molecule has 1 saturated heterocycles.